The number of carbonyl (C=O) groups excluding carboxylic acids is 2. The molecule has 0 unspecified atom stereocenters. The first-order valence-electron chi connectivity index (χ1n) is 8.59. The number of aryl methyl sites for hydroxylation is 2. The summed E-state index contributed by atoms with van der Waals surface area (Å²) >= 11 is 0. The highest BCUT2D eigenvalue weighted by atomic mass is 16.5. The third-order valence-corrected chi connectivity index (χ3v) is 4.83. The maximum absolute atomic E-state index is 12.6. The molecule has 2 aliphatic rings. The lowest BCUT2D eigenvalue weighted by Crippen LogP contribution is -2.47. The largest absolute Gasteiger partial charge is 0.376 e. The van der Waals surface area contributed by atoms with Crippen LogP contribution in [0.15, 0.2) is 18.2 Å². The first kappa shape index (κ1) is 16.8. The molecule has 3 amide bonds. The van der Waals surface area contributed by atoms with Gasteiger partial charge in [0.15, 0.2) is 0 Å². The zero-order chi connectivity index (χ0) is 17.1. The summed E-state index contributed by atoms with van der Waals surface area (Å²) in [6.07, 6.45) is 2.74. The van der Waals surface area contributed by atoms with Gasteiger partial charge in [0.1, 0.15) is 6.04 Å². The quantitative estimate of drug-likeness (QED) is 0.885. The Morgan fingerprint density at radius 3 is 2.83 bits per heavy atom. The van der Waals surface area contributed by atoms with Gasteiger partial charge in [-0.3, -0.25) is 4.79 Å². The number of nitrogens with one attached hydrogen (secondary N) is 2. The summed E-state index contributed by atoms with van der Waals surface area (Å²) in [5.74, 6) is -0.0504. The van der Waals surface area contributed by atoms with Crippen LogP contribution in [0, 0.1) is 13.8 Å². The number of ether oxygens (including phenoxy) is 1. The van der Waals surface area contributed by atoms with E-state index in [1.54, 1.807) is 4.90 Å². The summed E-state index contributed by atoms with van der Waals surface area (Å²) in [6, 6.07) is 5.24. The highest BCUT2D eigenvalue weighted by Gasteiger charge is 2.33. The van der Waals surface area contributed by atoms with Gasteiger partial charge in [-0.2, -0.15) is 0 Å². The molecule has 0 spiro atoms. The lowest BCUT2D eigenvalue weighted by molar-refractivity contribution is -0.118. The molecule has 1 aromatic carbocycles. The zero-order valence-corrected chi connectivity index (χ0v) is 14.3. The molecule has 24 heavy (non-hydrogen) atoms. The standard InChI is InChI=1S/C18H25N3O3/c1-12-5-6-14(10-13(12)2)21-8-7-16(17(21)22)20-18(23)19-11-15-4-3-9-24-15/h5-6,10,15-16H,3-4,7-9,11H2,1-2H3,(H2,19,20,23)/t15-,16-/m0/s1. The molecule has 2 saturated heterocycles. The predicted molar refractivity (Wildman–Crippen MR) is 92.2 cm³/mol. The Kier molecular flexibility index (Phi) is 5.04. The Balaban J connectivity index is 1.53. The van der Waals surface area contributed by atoms with Crippen LogP contribution in [-0.4, -0.2) is 43.8 Å². The fourth-order valence-corrected chi connectivity index (χ4v) is 3.18. The number of amides is 3. The second-order valence-corrected chi connectivity index (χ2v) is 6.59. The van der Waals surface area contributed by atoms with Gasteiger partial charge in [-0.15, -0.1) is 0 Å². The molecule has 3 rings (SSSR count). The number of hydrogen-bond donors (Lipinski definition) is 2. The number of hydrogen-bond acceptors (Lipinski definition) is 3. The lowest BCUT2D eigenvalue weighted by Gasteiger charge is -2.19. The van der Waals surface area contributed by atoms with Crippen LogP contribution in [0.5, 0.6) is 0 Å². The average Bonchev–Trinajstić information content (AvgIpc) is 3.19. The van der Waals surface area contributed by atoms with Gasteiger partial charge in [0.2, 0.25) is 5.91 Å². The highest BCUT2D eigenvalue weighted by molar-refractivity contribution is 6.01. The van der Waals surface area contributed by atoms with Crippen LogP contribution >= 0.6 is 0 Å². The average molecular weight is 331 g/mol. The Hall–Kier alpha value is -2.08. The van der Waals surface area contributed by atoms with Crippen molar-refractivity contribution in [1.29, 1.82) is 0 Å². The van der Waals surface area contributed by atoms with Gasteiger partial charge in [0, 0.05) is 25.4 Å². The van der Waals surface area contributed by atoms with Gasteiger partial charge in [-0.1, -0.05) is 6.07 Å². The van der Waals surface area contributed by atoms with Crippen molar-refractivity contribution >= 4 is 17.6 Å². The molecule has 2 fully saturated rings. The molecule has 2 heterocycles. The fourth-order valence-electron chi connectivity index (χ4n) is 3.18. The number of rotatable bonds is 4. The van der Waals surface area contributed by atoms with Crippen molar-refractivity contribution in [3.8, 4) is 0 Å². The van der Waals surface area contributed by atoms with Gasteiger partial charge >= 0.3 is 6.03 Å². The number of urea groups is 1. The van der Waals surface area contributed by atoms with E-state index in [9.17, 15) is 9.59 Å². The summed E-state index contributed by atoms with van der Waals surface area (Å²) in [4.78, 5) is 26.3. The number of carbonyl (C=O) groups is 2. The normalized spacial score (nSPS) is 23.6. The second kappa shape index (κ2) is 7.21. The van der Waals surface area contributed by atoms with Gasteiger partial charge < -0.3 is 20.3 Å². The van der Waals surface area contributed by atoms with Crippen LogP contribution in [0.1, 0.15) is 30.4 Å². The van der Waals surface area contributed by atoms with Gasteiger partial charge in [-0.05, 0) is 56.4 Å². The molecule has 0 bridgehead atoms. The van der Waals surface area contributed by atoms with E-state index in [4.69, 9.17) is 4.74 Å². The predicted octanol–water partition coefficient (Wildman–Crippen LogP) is 1.89. The first-order chi connectivity index (χ1) is 11.5. The molecule has 2 atom stereocenters. The maximum atomic E-state index is 12.6. The van der Waals surface area contributed by atoms with E-state index in [2.05, 4.69) is 10.6 Å². The molecule has 2 aliphatic heterocycles. The number of anilines is 1. The molecule has 0 saturated carbocycles. The Morgan fingerprint density at radius 1 is 1.29 bits per heavy atom. The summed E-state index contributed by atoms with van der Waals surface area (Å²) < 4.78 is 5.47. The third kappa shape index (κ3) is 3.70. The lowest BCUT2D eigenvalue weighted by atomic mass is 10.1. The van der Waals surface area contributed by atoms with E-state index in [0.29, 0.717) is 19.5 Å². The van der Waals surface area contributed by atoms with E-state index in [1.807, 2.05) is 32.0 Å². The molecule has 0 aliphatic carbocycles. The van der Waals surface area contributed by atoms with E-state index >= 15 is 0 Å². The molecule has 6 heteroatoms. The molecule has 2 N–H and O–H groups in total. The third-order valence-electron chi connectivity index (χ3n) is 4.83. The minimum atomic E-state index is -0.462. The SMILES string of the molecule is Cc1ccc(N2CC[C@H](NC(=O)NC[C@@H]3CCCO3)C2=O)cc1C. The molecule has 0 aromatic heterocycles. The summed E-state index contributed by atoms with van der Waals surface area (Å²) in [5, 5.41) is 5.58. The second-order valence-electron chi connectivity index (χ2n) is 6.59. The van der Waals surface area contributed by atoms with Crippen molar-refractivity contribution in [1.82, 2.24) is 10.6 Å². The van der Waals surface area contributed by atoms with Crippen LogP contribution in [0.3, 0.4) is 0 Å². The summed E-state index contributed by atoms with van der Waals surface area (Å²) in [5.41, 5.74) is 3.26. The van der Waals surface area contributed by atoms with Crippen molar-refractivity contribution < 1.29 is 14.3 Å². The molecular formula is C18H25N3O3. The van der Waals surface area contributed by atoms with Crippen LogP contribution in [0.4, 0.5) is 10.5 Å². The van der Waals surface area contributed by atoms with Gasteiger partial charge in [-0.25, -0.2) is 4.79 Å². The smallest absolute Gasteiger partial charge is 0.315 e. The summed E-state index contributed by atoms with van der Waals surface area (Å²) in [7, 11) is 0. The monoisotopic (exact) mass is 331 g/mol. The first-order valence-corrected chi connectivity index (χ1v) is 8.59. The summed E-state index contributed by atoms with van der Waals surface area (Å²) in [6.45, 7) is 5.97. The van der Waals surface area contributed by atoms with Crippen LogP contribution in [0.2, 0.25) is 0 Å². The van der Waals surface area contributed by atoms with Crippen molar-refractivity contribution in [2.75, 3.05) is 24.6 Å². The minimum Gasteiger partial charge on any atom is -0.376 e. The Bertz CT molecular complexity index is 626. The van der Waals surface area contributed by atoms with E-state index < -0.39 is 6.04 Å². The van der Waals surface area contributed by atoms with Crippen molar-refractivity contribution in [2.24, 2.45) is 0 Å². The molecule has 0 radical (unpaired) electrons. The van der Waals surface area contributed by atoms with Crippen molar-refractivity contribution in [3.05, 3.63) is 29.3 Å². The van der Waals surface area contributed by atoms with E-state index in [1.165, 1.54) is 5.56 Å². The molecule has 1 aromatic rings. The minimum absolute atomic E-state index is 0.0504. The topological polar surface area (TPSA) is 70.7 Å². The van der Waals surface area contributed by atoms with Crippen LogP contribution in [-0.2, 0) is 9.53 Å². The van der Waals surface area contributed by atoms with E-state index in [-0.39, 0.29) is 18.0 Å². The van der Waals surface area contributed by atoms with Crippen LogP contribution in [0.25, 0.3) is 0 Å². The Morgan fingerprint density at radius 2 is 2.12 bits per heavy atom. The molecular weight excluding hydrogens is 306 g/mol. The molecule has 6 nitrogen and oxygen atoms in total. The highest BCUT2D eigenvalue weighted by Crippen LogP contribution is 2.24. The van der Waals surface area contributed by atoms with Crippen molar-refractivity contribution in [2.45, 2.75) is 45.3 Å². The van der Waals surface area contributed by atoms with Gasteiger partial charge in [0.25, 0.3) is 0 Å². The van der Waals surface area contributed by atoms with Gasteiger partial charge in [0.05, 0.1) is 6.10 Å². The fraction of sp³-hybridized carbons (Fsp3) is 0.556. The van der Waals surface area contributed by atoms with Crippen molar-refractivity contribution in [3.63, 3.8) is 0 Å². The number of nitrogens with zero attached hydrogens (tertiary/aromatic N) is 1. The zero-order valence-electron chi connectivity index (χ0n) is 14.3. The van der Waals surface area contributed by atoms with Crippen LogP contribution < -0.4 is 15.5 Å². The Labute approximate surface area is 142 Å². The maximum Gasteiger partial charge on any atom is 0.315 e. The number of benzene rings is 1. The van der Waals surface area contributed by atoms with E-state index in [0.717, 1.165) is 30.7 Å². The molecule has 130 valence electrons.